The molecule has 0 saturated heterocycles. The summed E-state index contributed by atoms with van der Waals surface area (Å²) in [5, 5.41) is 9.09. The van der Waals surface area contributed by atoms with Crippen LogP contribution in [0.1, 0.15) is 20.3 Å². The maximum atomic E-state index is 12.1. The van der Waals surface area contributed by atoms with Crippen LogP contribution < -0.4 is 4.72 Å². The highest BCUT2D eigenvalue weighted by molar-refractivity contribution is 9.10. The number of aliphatic carboxylic acids is 1. The third-order valence-corrected chi connectivity index (χ3v) is 4.87. The maximum absolute atomic E-state index is 12.1. The van der Waals surface area contributed by atoms with Gasteiger partial charge in [-0.3, -0.25) is 4.79 Å². The molecule has 1 aromatic carbocycles. The van der Waals surface area contributed by atoms with E-state index in [0.29, 0.717) is 6.42 Å². The van der Waals surface area contributed by atoms with Gasteiger partial charge in [0.05, 0.1) is 4.90 Å². The zero-order valence-corrected chi connectivity index (χ0v) is 13.0. The summed E-state index contributed by atoms with van der Waals surface area (Å²) in [5.74, 6) is -1.46. The first kappa shape index (κ1) is 16.1. The van der Waals surface area contributed by atoms with E-state index in [0.717, 1.165) is 4.47 Å². The first-order valence-corrected chi connectivity index (χ1v) is 8.06. The Bertz CT molecular complexity index is 541. The summed E-state index contributed by atoms with van der Waals surface area (Å²) in [5.41, 5.74) is 0. The molecule has 0 amide bonds. The fourth-order valence-electron chi connectivity index (χ4n) is 1.49. The molecule has 0 spiro atoms. The monoisotopic (exact) mass is 349 g/mol. The lowest BCUT2D eigenvalue weighted by molar-refractivity contribution is -0.140. The van der Waals surface area contributed by atoms with E-state index in [4.69, 9.17) is 5.11 Å². The summed E-state index contributed by atoms with van der Waals surface area (Å²) in [7, 11) is -3.83. The van der Waals surface area contributed by atoms with E-state index in [9.17, 15) is 13.2 Å². The molecule has 5 nitrogen and oxygen atoms in total. The second-order valence-corrected chi connectivity index (χ2v) is 6.91. The van der Waals surface area contributed by atoms with Gasteiger partial charge in [-0.1, -0.05) is 36.2 Å². The van der Waals surface area contributed by atoms with Crippen LogP contribution in [0.4, 0.5) is 0 Å². The van der Waals surface area contributed by atoms with Crippen molar-refractivity contribution in [3.05, 3.63) is 28.7 Å². The van der Waals surface area contributed by atoms with E-state index >= 15 is 0 Å². The second kappa shape index (κ2) is 6.49. The summed E-state index contributed by atoms with van der Waals surface area (Å²) in [4.78, 5) is 11.2. The lowest BCUT2D eigenvalue weighted by Crippen LogP contribution is -2.44. The Morgan fingerprint density at radius 1 is 1.37 bits per heavy atom. The first-order valence-electron chi connectivity index (χ1n) is 5.78. The average Bonchev–Trinajstić information content (AvgIpc) is 2.35. The van der Waals surface area contributed by atoms with Gasteiger partial charge >= 0.3 is 5.97 Å². The van der Waals surface area contributed by atoms with E-state index in [-0.39, 0.29) is 10.8 Å². The van der Waals surface area contributed by atoms with E-state index in [1.807, 2.05) is 6.92 Å². The molecule has 0 radical (unpaired) electrons. The van der Waals surface area contributed by atoms with Gasteiger partial charge in [0.15, 0.2) is 0 Å². The summed E-state index contributed by atoms with van der Waals surface area (Å²) in [6.07, 6.45) is 0.569. The highest BCUT2D eigenvalue weighted by Gasteiger charge is 2.29. The first-order chi connectivity index (χ1) is 8.77. The highest BCUT2D eigenvalue weighted by atomic mass is 79.9. The quantitative estimate of drug-likeness (QED) is 0.824. The van der Waals surface area contributed by atoms with Gasteiger partial charge in [0, 0.05) is 4.47 Å². The average molecular weight is 350 g/mol. The van der Waals surface area contributed by atoms with Crippen molar-refractivity contribution in [3.8, 4) is 0 Å². The molecule has 1 aromatic rings. The van der Waals surface area contributed by atoms with Crippen LogP contribution in [0, 0.1) is 5.92 Å². The molecule has 0 saturated carbocycles. The fourth-order valence-corrected chi connectivity index (χ4v) is 3.06. The van der Waals surface area contributed by atoms with E-state index in [1.54, 1.807) is 19.1 Å². The zero-order valence-electron chi connectivity index (χ0n) is 10.6. The van der Waals surface area contributed by atoms with Crippen LogP contribution in [0.3, 0.4) is 0 Å². The summed E-state index contributed by atoms with van der Waals surface area (Å²) in [6, 6.07) is 4.89. The van der Waals surface area contributed by atoms with Crippen molar-refractivity contribution in [3.63, 3.8) is 0 Å². The lowest BCUT2D eigenvalue weighted by Gasteiger charge is -2.20. The van der Waals surface area contributed by atoms with Crippen molar-refractivity contribution in [1.82, 2.24) is 4.72 Å². The summed E-state index contributed by atoms with van der Waals surface area (Å²) >= 11 is 3.21. The Morgan fingerprint density at radius 3 is 2.32 bits per heavy atom. The van der Waals surface area contributed by atoms with Crippen LogP contribution in [0.15, 0.2) is 33.6 Å². The molecule has 2 atom stereocenters. The predicted octanol–water partition coefficient (Wildman–Crippen LogP) is 2.23. The van der Waals surface area contributed by atoms with Gasteiger partial charge < -0.3 is 5.11 Å². The third-order valence-electron chi connectivity index (χ3n) is 2.89. The van der Waals surface area contributed by atoms with Crippen molar-refractivity contribution in [1.29, 1.82) is 0 Å². The van der Waals surface area contributed by atoms with Crippen LogP contribution in [-0.4, -0.2) is 25.5 Å². The van der Waals surface area contributed by atoms with Crippen LogP contribution >= 0.6 is 15.9 Å². The van der Waals surface area contributed by atoms with Gasteiger partial charge in [-0.15, -0.1) is 0 Å². The number of halogens is 1. The minimum absolute atomic E-state index is 0.0465. The number of carboxylic acids is 1. The molecule has 0 aliphatic rings. The fraction of sp³-hybridized carbons (Fsp3) is 0.417. The summed E-state index contributed by atoms with van der Waals surface area (Å²) in [6.45, 7) is 3.51. The number of benzene rings is 1. The van der Waals surface area contributed by atoms with Crippen LogP contribution in [-0.2, 0) is 14.8 Å². The number of carboxylic acid groups (broad SMARTS) is 1. The Kier molecular flexibility index (Phi) is 5.51. The van der Waals surface area contributed by atoms with Crippen molar-refractivity contribution in [2.45, 2.75) is 31.2 Å². The molecule has 0 aromatic heterocycles. The van der Waals surface area contributed by atoms with Crippen LogP contribution in [0.5, 0.6) is 0 Å². The normalized spacial score (nSPS) is 14.9. The van der Waals surface area contributed by atoms with E-state index < -0.39 is 22.0 Å². The molecule has 19 heavy (non-hydrogen) atoms. The minimum atomic E-state index is -3.83. The van der Waals surface area contributed by atoms with Gasteiger partial charge in [0.1, 0.15) is 6.04 Å². The number of carbonyl (C=O) groups is 1. The largest absolute Gasteiger partial charge is 0.480 e. The molecule has 0 bridgehead atoms. The molecule has 1 rings (SSSR count). The van der Waals surface area contributed by atoms with Gasteiger partial charge in [-0.2, -0.15) is 4.72 Å². The summed E-state index contributed by atoms with van der Waals surface area (Å²) < 4.78 is 27.2. The van der Waals surface area contributed by atoms with Crippen LogP contribution in [0.2, 0.25) is 0 Å². The molecule has 0 aliphatic carbocycles. The molecule has 0 heterocycles. The lowest BCUT2D eigenvalue weighted by atomic mass is 10.0. The van der Waals surface area contributed by atoms with Crippen LogP contribution in [0.25, 0.3) is 0 Å². The molecule has 1 unspecified atom stereocenters. The Balaban J connectivity index is 3.00. The number of hydrogen-bond donors (Lipinski definition) is 2. The third kappa shape index (κ3) is 4.29. The molecular weight excluding hydrogens is 334 g/mol. The van der Waals surface area contributed by atoms with Gasteiger partial charge in [-0.25, -0.2) is 8.42 Å². The van der Waals surface area contributed by atoms with Crippen molar-refractivity contribution >= 4 is 31.9 Å². The number of nitrogens with one attached hydrogen (secondary N) is 1. The SMILES string of the molecule is CCC(C)[C@H](NS(=O)(=O)c1ccc(Br)cc1)C(=O)O. The molecule has 7 heteroatoms. The molecule has 2 N–H and O–H groups in total. The number of sulfonamides is 1. The van der Waals surface area contributed by atoms with Gasteiger partial charge in [0.2, 0.25) is 10.0 Å². The van der Waals surface area contributed by atoms with Crippen molar-refractivity contribution in [2.75, 3.05) is 0 Å². The van der Waals surface area contributed by atoms with Gasteiger partial charge in [-0.05, 0) is 30.2 Å². The highest BCUT2D eigenvalue weighted by Crippen LogP contribution is 2.17. The van der Waals surface area contributed by atoms with E-state index in [1.165, 1.54) is 12.1 Å². The molecule has 0 aliphatic heterocycles. The topological polar surface area (TPSA) is 83.5 Å². The zero-order chi connectivity index (χ0) is 14.6. The Labute approximate surface area is 121 Å². The standard InChI is InChI=1S/C12H16BrNO4S/c1-3-8(2)11(12(15)16)14-19(17,18)10-6-4-9(13)5-7-10/h4-8,11,14H,3H2,1-2H3,(H,15,16)/t8?,11-/m0/s1. The Hall–Kier alpha value is -0.920. The number of hydrogen-bond acceptors (Lipinski definition) is 3. The maximum Gasteiger partial charge on any atom is 0.322 e. The van der Waals surface area contributed by atoms with Crippen molar-refractivity contribution < 1.29 is 18.3 Å². The molecule has 106 valence electrons. The predicted molar refractivity (Wildman–Crippen MR) is 75.3 cm³/mol. The Morgan fingerprint density at radius 2 is 1.89 bits per heavy atom. The molecular formula is C12H16BrNO4S. The van der Waals surface area contributed by atoms with Crippen molar-refractivity contribution in [2.24, 2.45) is 5.92 Å². The number of rotatable bonds is 6. The van der Waals surface area contributed by atoms with Gasteiger partial charge in [0.25, 0.3) is 0 Å². The smallest absolute Gasteiger partial charge is 0.322 e. The minimum Gasteiger partial charge on any atom is -0.480 e. The second-order valence-electron chi connectivity index (χ2n) is 4.28. The van der Waals surface area contributed by atoms with E-state index in [2.05, 4.69) is 20.7 Å². The molecule has 0 fully saturated rings.